The average Bonchev–Trinajstić information content (AvgIpc) is 3.14. The minimum Gasteiger partial charge on any atom is -0.459 e. The molecule has 2 aromatic rings. The Morgan fingerprint density at radius 1 is 1.12 bits per heavy atom. The summed E-state index contributed by atoms with van der Waals surface area (Å²) in [6, 6.07) is 10.0. The maximum absolute atomic E-state index is 12.0. The normalized spacial score (nSPS) is 11.2. The Morgan fingerprint density at radius 2 is 1.77 bits per heavy atom. The summed E-state index contributed by atoms with van der Waals surface area (Å²) in [6.45, 7) is 0.179. The number of carbonyl (C=O) groups excluding carboxylic acids is 2. The van der Waals surface area contributed by atoms with Crippen LogP contribution in [-0.4, -0.2) is 45.8 Å². The van der Waals surface area contributed by atoms with E-state index in [0.29, 0.717) is 5.56 Å². The number of nitrogens with one attached hydrogen (secondary N) is 2. The molecular weight excluding hydrogens is 358 g/mol. The Morgan fingerprint density at radius 3 is 2.35 bits per heavy atom. The second-order valence-electron chi connectivity index (χ2n) is 5.69. The van der Waals surface area contributed by atoms with Gasteiger partial charge in [-0.25, -0.2) is 13.1 Å². The van der Waals surface area contributed by atoms with Crippen molar-refractivity contribution < 1.29 is 22.4 Å². The SMILES string of the molecule is CNS(=O)(=O)Cc1ccc(CNC(=O)CN(C)C(=O)c2ccco2)cc1. The van der Waals surface area contributed by atoms with Crippen LogP contribution in [0.25, 0.3) is 0 Å². The first kappa shape index (κ1) is 19.7. The maximum Gasteiger partial charge on any atom is 0.289 e. The first-order valence-electron chi connectivity index (χ1n) is 7.85. The molecule has 1 heterocycles. The lowest BCUT2D eigenvalue weighted by Crippen LogP contribution is -2.38. The molecule has 2 amide bonds. The third-order valence-electron chi connectivity index (χ3n) is 3.64. The van der Waals surface area contributed by atoms with Gasteiger partial charge in [-0.2, -0.15) is 0 Å². The highest BCUT2D eigenvalue weighted by Gasteiger charge is 2.17. The summed E-state index contributed by atoms with van der Waals surface area (Å²) in [6.07, 6.45) is 1.40. The summed E-state index contributed by atoms with van der Waals surface area (Å²) >= 11 is 0. The van der Waals surface area contributed by atoms with Crippen molar-refractivity contribution in [2.45, 2.75) is 12.3 Å². The van der Waals surface area contributed by atoms with E-state index < -0.39 is 10.0 Å². The number of amides is 2. The molecule has 9 heteroatoms. The summed E-state index contributed by atoms with van der Waals surface area (Å²) in [5.74, 6) is -0.613. The van der Waals surface area contributed by atoms with Gasteiger partial charge in [-0.1, -0.05) is 24.3 Å². The lowest BCUT2D eigenvalue weighted by molar-refractivity contribution is -0.121. The molecule has 1 aromatic heterocycles. The number of likely N-dealkylation sites (N-methyl/N-ethyl adjacent to an activating group) is 1. The number of nitrogens with zero attached hydrogens (tertiary/aromatic N) is 1. The lowest BCUT2D eigenvalue weighted by atomic mass is 10.1. The van der Waals surface area contributed by atoms with Gasteiger partial charge in [0.15, 0.2) is 5.76 Å². The first-order chi connectivity index (χ1) is 12.3. The van der Waals surface area contributed by atoms with Crippen molar-refractivity contribution >= 4 is 21.8 Å². The Labute approximate surface area is 152 Å². The van der Waals surface area contributed by atoms with E-state index >= 15 is 0 Å². The van der Waals surface area contributed by atoms with Gasteiger partial charge in [0.05, 0.1) is 18.6 Å². The molecule has 2 rings (SSSR count). The number of furan rings is 1. The standard InChI is InChI=1S/C17H21N3O5S/c1-18-26(23,24)12-14-7-5-13(6-8-14)10-19-16(21)11-20(2)17(22)15-4-3-9-25-15/h3-9,18H,10-12H2,1-2H3,(H,19,21). The summed E-state index contributed by atoms with van der Waals surface area (Å²) in [7, 11) is -0.433. The number of hydrogen-bond donors (Lipinski definition) is 2. The zero-order chi connectivity index (χ0) is 19.2. The largest absolute Gasteiger partial charge is 0.459 e. The minimum atomic E-state index is -3.32. The van der Waals surface area contributed by atoms with Gasteiger partial charge < -0.3 is 14.6 Å². The first-order valence-corrected chi connectivity index (χ1v) is 9.50. The molecule has 0 bridgehead atoms. The van der Waals surface area contributed by atoms with Crippen LogP contribution < -0.4 is 10.0 Å². The van der Waals surface area contributed by atoms with Crippen molar-refractivity contribution in [1.29, 1.82) is 0 Å². The fourth-order valence-electron chi connectivity index (χ4n) is 2.18. The van der Waals surface area contributed by atoms with E-state index in [9.17, 15) is 18.0 Å². The van der Waals surface area contributed by atoms with Gasteiger partial charge in [-0.15, -0.1) is 0 Å². The molecule has 0 atom stereocenters. The fourth-order valence-corrected chi connectivity index (χ4v) is 2.95. The molecule has 0 fully saturated rings. The third-order valence-corrected chi connectivity index (χ3v) is 4.98. The van der Waals surface area contributed by atoms with E-state index in [-0.39, 0.29) is 36.4 Å². The Hall–Kier alpha value is -2.65. The van der Waals surface area contributed by atoms with E-state index in [4.69, 9.17) is 4.42 Å². The van der Waals surface area contributed by atoms with Gasteiger partial charge in [-0.3, -0.25) is 9.59 Å². The topological polar surface area (TPSA) is 109 Å². The van der Waals surface area contributed by atoms with E-state index in [1.165, 1.54) is 31.3 Å². The highest BCUT2D eigenvalue weighted by atomic mass is 32.2. The quantitative estimate of drug-likeness (QED) is 0.702. The van der Waals surface area contributed by atoms with Crippen LogP contribution in [0.4, 0.5) is 0 Å². The van der Waals surface area contributed by atoms with Gasteiger partial charge in [0.2, 0.25) is 15.9 Å². The average molecular weight is 379 g/mol. The second kappa shape index (κ2) is 8.63. The molecule has 8 nitrogen and oxygen atoms in total. The molecule has 0 aliphatic carbocycles. The summed E-state index contributed by atoms with van der Waals surface area (Å²) in [5.41, 5.74) is 1.47. The van der Waals surface area contributed by atoms with Gasteiger partial charge in [0.25, 0.3) is 5.91 Å². The Kier molecular flexibility index (Phi) is 6.53. The number of hydrogen-bond acceptors (Lipinski definition) is 5. The van der Waals surface area contributed by atoms with Gasteiger partial charge in [0, 0.05) is 13.6 Å². The van der Waals surface area contributed by atoms with Crippen LogP contribution >= 0.6 is 0 Å². The summed E-state index contributed by atoms with van der Waals surface area (Å²) in [5, 5.41) is 2.71. The van der Waals surface area contributed by atoms with Crippen molar-refractivity contribution in [3.63, 3.8) is 0 Å². The Balaban J connectivity index is 1.82. The summed E-state index contributed by atoms with van der Waals surface area (Å²) in [4.78, 5) is 25.2. The number of rotatable bonds is 8. The van der Waals surface area contributed by atoms with E-state index in [2.05, 4.69) is 10.0 Å². The zero-order valence-electron chi connectivity index (χ0n) is 14.6. The van der Waals surface area contributed by atoms with Crippen LogP contribution in [0.15, 0.2) is 47.1 Å². The van der Waals surface area contributed by atoms with Crippen molar-refractivity contribution in [2.24, 2.45) is 0 Å². The number of benzene rings is 1. The molecule has 0 aliphatic heterocycles. The lowest BCUT2D eigenvalue weighted by Gasteiger charge is -2.15. The molecule has 0 saturated carbocycles. The van der Waals surface area contributed by atoms with Crippen LogP contribution in [0.2, 0.25) is 0 Å². The van der Waals surface area contributed by atoms with Crippen LogP contribution in [0, 0.1) is 0 Å². The molecule has 26 heavy (non-hydrogen) atoms. The molecule has 0 saturated heterocycles. The van der Waals surface area contributed by atoms with E-state index in [1.54, 1.807) is 30.3 Å². The van der Waals surface area contributed by atoms with Gasteiger partial charge in [0.1, 0.15) is 0 Å². The van der Waals surface area contributed by atoms with E-state index in [0.717, 1.165) is 5.56 Å². The highest BCUT2D eigenvalue weighted by Crippen LogP contribution is 2.08. The van der Waals surface area contributed by atoms with Gasteiger partial charge in [-0.05, 0) is 30.3 Å². The molecule has 0 unspecified atom stereocenters. The third kappa shape index (κ3) is 5.71. The van der Waals surface area contributed by atoms with Gasteiger partial charge >= 0.3 is 0 Å². The highest BCUT2D eigenvalue weighted by molar-refractivity contribution is 7.88. The predicted molar refractivity (Wildman–Crippen MR) is 95.6 cm³/mol. The maximum atomic E-state index is 12.0. The van der Waals surface area contributed by atoms with E-state index in [1.807, 2.05) is 0 Å². The smallest absolute Gasteiger partial charge is 0.289 e. The van der Waals surface area contributed by atoms with Crippen molar-refractivity contribution in [3.05, 3.63) is 59.5 Å². The predicted octanol–water partition coefficient (Wildman–Crippen LogP) is 0.717. The van der Waals surface area contributed by atoms with Crippen LogP contribution in [0.5, 0.6) is 0 Å². The van der Waals surface area contributed by atoms with Crippen molar-refractivity contribution in [3.8, 4) is 0 Å². The van der Waals surface area contributed by atoms with Crippen LogP contribution in [0.1, 0.15) is 21.7 Å². The van der Waals surface area contributed by atoms with Crippen molar-refractivity contribution in [2.75, 3.05) is 20.6 Å². The molecule has 0 radical (unpaired) electrons. The summed E-state index contributed by atoms with van der Waals surface area (Å²) < 4.78 is 30.3. The minimum absolute atomic E-state index is 0.0992. The molecule has 0 spiro atoms. The Bertz CT molecular complexity index is 845. The van der Waals surface area contributed by atoms with Crippen LogP contribution in [0.3, 0.4) is 0 Å². The fraction of sp³-hybridized carbons (Fsp3) is 0.294. The zero-order valence-corrected chi connectivity index (χ0v) is 15.4. The molecular formula is C17H21N3O5S. The monoisotopic (exact) mass is 379 g/mol. The molecule has 140 valence electrons. The molecule has 1 aromatic carbocycles. The van der Waals surface area contributed by atoms with Crippen molar-refractivity contribution in [1.82, 2.24) is 14.9 Å². The number of sulfonamides is 1. The van der Waals surface area contributed by atoms with Crippen LogP contribution in [-0.2, 0) is 27.1 Å². The number of carbonyl (C=O) groups is 2. The molecule has 0 aliphatic rings. The molecule has 2 N–H and O–H groups in total. The second-order valence-corrected chi connectivity index (χ2v) is 7.62.